The molecular formula is C14H21NO3. The molecule has 0 aliphatic carbocycles. The summed E-state index contributed by atoms with van der Waals surface area (Å²) in [5.74, 6) is 0.961. The number of rotatable bonds is 7. The third-order valence-corrected chi connectivity index (χ3v) is 2.84. The highest BCUT2D eigenvalue weighted by atomic mass is 16.5. The van der Waals surface area contributed by atoms with Crippen LogP contribution >= 0.6 is 0 Å². The summed E-state index contributed by atoms with van der Waals surface area (Å²) in [6, 6.07) is 0. The average molecular weight is 251 g/mol. The minimum Gasteiger partial charge on any atom is -0.496 e. The normalized spacial score (nSPS) is 10.4. The third kappa shape index (κ3) is 3.81. The standard InChI is InChI=1S/C14H21NO3/c1-5-18-7-6-12(16)8-13-11(3)14(17-4)10(2)9-15-13/h9H,5-8H2,1-4H3. The van der Waals surface area contributed by atoms with E-state index in [-0.39, 0.29) is 5.78 Å². The number of aromatic nitrogens is 1. The molecule has 0 radical (unpaired) electrons. The fourth-order valence-electron chi connectivity index (χ4n) is 1.85. The maximum Gasteiger partial charge on any atom is 0.141 e. The number of nitrogens with zero attached hydrogens (tertiary/aromatic N) is 1. The molecule has 0 amide bonds. The van der Waals surface area contributed by atoms with Gasteiger partial charge in [0.05, 0.1) is 19.4 Å². The SMILES string of the molecule is CCOCCC(=O)Cc1ncc(C)c(OC)c1C. The van der Waals surface area contributed by atoms with Crippen LogP contribution in [0.2, 0.25) is 0 Å². The van der Waals surface area contributed by atoms with Gasteiger partial charge in [0.1, 0.15) is 11.5 Å². The van der Waals surface area contributed by atoms with Crippen LogP contribution in [0.15, 0.2) is 6.20 Å². The molecule has 0 saturated carbocycles. The Morgan fingerprint density at radius 2 is 2.11 bits per heavy atom. The topological polar surface area (TPSA) is 48.4 Å². The molecule has 1 aromatic rings. The maximum absolute atomic E-state index is 11.8. The number of ketones is 1. The van der Waals surface area contributed by atoms with Gasteiger partial charge in [0.25, 0.3) is 0 Å². The van der Waals surface area contributed by atoms with Crippen molar-refractivity contribution in [1.82, 2.24) is 4.98 Å². The molecule has 4 nitrogen and oxygen atoms in total. The van der Waals surface area contributed by atoms with Crippen molar-refractivity contribution in [1.29, 1.82) is 0 Å². The van der Waals surface area contributed by atoms with Gasteiger partial charge in [-0.3, -0.25) is 9.78 Å². The highest BCUT2D eigenvalue weighted by molar-refractivity contribution is 5.81. The van der Waals surface area contributed by atoms with E-state index in [9.17, 15) is 4.79 Å². The average Bonchev–Trinajstić information content (AvgIpc) is 2.34. The lowest BCUT2D eigenvalue weighted by molar-refractivity contribution is -0.119. The van der Waals surface area contributed by atoms with Crippen molar-refractivity contribution in [3.8, 4) is 5.75 Å². The molecular weight excluding hydrogens is 230 g/mol. The number of aryl methyl sites for hydroxylation is 1. The van der Waals surface area contributed by atoms with Crippen molar-refractivity contribution in [3.05, 3.63) is 23.0 Å². The first-order valence-corrected chi connectivity index (χ1v) is 6.18. The monoisotopic (exact) mass is 251 g/mol. The second kappa shape index (κ2) is 7.11. The summed E-state index contributed by atoms with van der Waals surface area (Å²) in [5, 5.41) is 0. The van der Waals surface area contributed by atoms with Crippen LogP contribution in [0.4, 0.5) is 0 Å². The van der Waals surface area contributed by atoms with E-state index < -0.39 is 0 Å². The van der Waals surface area contributed by atoms with E-state index in [0.29, 0.717) is 26.1 Å². The number of methoxy groups -OCH3 is 1. The first-order chi connectivity index (χ1) is 8.60. The van der Waals surface area contributed by atoms with Gasteiger partial charge in [0, 0.05) is 36.8 Å². The van der Waals surface area contributed by atoms with E-state index >= 15 is 0 Å². The van der Waals surface area contributed by atoms with E-state index in [1.165, 1.54) is 0 Å². The van der Waals surface area contributed by atoms with E-state index in [1.807, 2.05) is 20.8 Å². The largest absolute Gasteiger partial charge is 0.496 e. The van der Waals surface area contributed by atoms with Crippen molar-refractivity contribution in [2.75, 3.05) is 20.3 Å². The van der Waals surface area contributed by atoms with E-state index in [0.717, 1.165) is 22.6 Å². The maximum atomic E-state index is 11.8. The Morgan fingerprint density at radius 1 is 1.39 bits per heavy atom. The quantitative estimate of drug-likeness (QED) is 0.697. The fraction of sp³-hybridized carbons (Fsp3) is 0.571. The molecule has 0 atom stereocenters. The van der Waals surface area contributed by atoms with Crippen molar-refractivity contribution >= 4 is 5.78 Å². The predicted octanol–water partition coefficient (Wildman–Crippen LogP) is 2.25. The molecule has 0 bridgehead atoms. The van der Waals surface area contributed by atoms with Crippen LogP contribution in [0.5, 0.6) is 5.75 Å². The van der Waals surface area contributed by atoms with Gasteiger partial charge in [-0.25, -0.2) is 0 Å². The minimum absolute atomic E-state index is 0.143. The molecule has 0 aromatic carbocycles. The Balaban J connectivity index is 2.70. The molecule has 18 heavy (non-hydrogen) atoms. The van der Waals surface area contributed by atoms with Crippen LogP contribution in [-0.4, -0.2) is 31.1 Å². The van der Waals surface area contributed by atoms with Crippen LogP contribution < -0.4 is 4.74 Å². The van der Waals surface area contributed by atoms with Crippen LogP contribution in [0, 0.1) is 13.8 Å². The number of hydrogen-bond donors (Lipinski definition) is 0. The zero-order valence-corrected chi connectivity index (χ0v) is 11.6. The molecule has 100 valence electrons. The van der Waals surface area contributed by atoms with Gasteiger partial charge in [-0.1, -0.05) is 0 Å². The van der Waals surface area contributed by atoms with Crippen molar-refractivity contribution in [3.63, 3.8) is 0 Å². The molecule has 0 N–H and O–H groups in total. The summed E-state index contributed by atoms with van der Waals surface area (Å²) in [7, 11) is 1.63. The Bertz CT molecular complexity index is 416. The first-order valence-electron chi connectivity index (χ1n) is 6.18. The van der Waals surface area contributed by atoms with E-state index in [2.05, 4.69) is 4.98 Å². The smallest absolute Gasteiger partial charge is 0.141 e. The van der Waals surface area contributed by atoms with Gasteiger partial charge in [-0.2, -0.15) is 0 Å². The predicted molar refractivity (Wildman–Crippen MR) is 70.1 cm³/mol. The second-order valence-electron chi connectivity index (χ2n) is 4.21. The Labute approximate surface area is 108 Å². The van der Waals surface area contributed by atoms with E-state index in [4.69, 9.17) is 9.47 Å². The zero-order chi connectivity index (χ0) is 13.5. The molecule has 0 unspecified atom stereocenters. The zero-order valence-electron chi connectivity index (χ0n) is 11.6. The van der Waals surface area contributed by atoms with Gasteiger partial charge >= 0.3 is 0 Å². The summed E-state index contributed by atoms with van der Waals surface area (Å²) in [6.45, 7) is 6.92. The van der Waals surface area contributed by atoms with Crippen LogP contribution in [0.3, 0.4) is 0 Å². The van der Waals surface area contributed by atoms with Gasteiger partial charge in [-0.15, -0.1) is 0 Å². The summed E-state index contributed by atoms with van der Waals surface area (Å²) in [4.78, 5) is 16.1. The van der Waals surface area contributed by atoms with Crippen molar-refractivity contribution in [2.45, 2.75) is 33.6 Å². The lowest BCUT2D eigenvalue weighted by atomic mass is 10.1. The van der Waals surface area contributed by atoms with Crippen molar-refractivity contribution < 1.29 is 14.3 Å². The van der Waals surface area contributed by atoms with Gasteiger partial charge in [-0.05, 0) is 20.8 Å². The number of ether oxygens (including phenoxy) is 2. The molecule has 0 saturated heterocycles. The highest BCUT2D eigenvalue weighted by Gasteiger charge is 2.12. The molecule has 0 fully saturated rings. The number of carbonyl (C=O) groups is 1. The number of carbonyl (C=O) groups excluding carboxylic acids is 1. The summed E-state index contributed by atoms with van der Waals surface area (Å²) in [5.41, 5.74) is 2.72. The highest BCUT2D eigenvalue weighted by Crippen LogP contribution is 2.24. The fourth-order valence-corrected chi connectivity index (χ4v) is 1.85. The molecule has 0 spiro atoms. The lowest BCUT2D eigenvalue weighted by Crippen LogP contribution is -2.10. The molecule has 1 aromatic heterocycles. The third-order valence-electron chi connectivity index (χ3n) is 2.84. The van der Waals surface area contributed by atoms with Crippen LogP contribution in [0.1, 0.15) is 30.2 Å². The second-order valence-corrected chi connectivity index (χ2v) is 4.21. The Kier molecular flexibility index (Phi) is 5.78. The minimum atomic E-state index is 0.143. The molecule has 1 heterocycles. The van der Waals surface area contributed by atoms with Gasteiger partial charge in [0.2, 0.25) is 0 Å². The molecule has 4 heteroatoms. The lowest BCUT2D eigenvalue weighted by Gasteiger charge is -2.11. The van der Waals surface area contributed by atoms with Gasteiger partial charge < -0.3 is 9.47 Å². The van der Waals surface area contributed by atoms with Crippen molar-refractivity contribution in [2.24, 2.45) is 0 Å². The summed E-state index contributed by atoms with van der Waals surface area (Å²) in [6.07, 6.45) is 2.53. The van der Waals surface area contributed by atoms with Crippen LogP contribution in [-0.2, 0) is 16.0 Å². The number of hydrogen-bond acceptors (Lipinski definition) is 4. The Hall–Kier alpha value is -1.42. The molecule has 0 aliphatic heterocycles. The molecule has 0 aliphatic rings. The first kappa shape index (κ1) is 14.6. The number of Topliss-reactive ketones (excluding diaryl/α,β-unsaturated/α-hetero) is 1. The Morgan fingerprint density at radius 3 is 2.72 bits per heavy atom. The summed E-state index contributed by atoms with van der Waals surface area (Å²) >= 11 is 0. The van der Waals surface area contributed by atoms with Crippen LogP contribution in [0.25, 0.3) is 0 Å². The van der Waals surface area contributed by atoms with Gasteiger partial charge in [0.15, 0.2) is 0 Å². The number of pyridine rings is 1. The summed E-state index contributed by atoms with van der Waals surface area (Å²) < 4.78 is 10.5. The van der Waals surface area contributed by atoms with E-state index in [1.54, 1.807) is 13.3 Å². The molecule has 1 rings (SSSR count).